The van der Waals surface area contributed by atoms with Gasteiger partial charge in [-0.05, 0) is 44.2 Å². The van der Waals surface area contributed by atoms with Crippen molar-refractivity contribution < 1.29 is 19.1 Å². The summed E-state index contributed by atoms with van der Waals surface area (Å²) in [6, 6.07) is 12.9. The van der Waals surface area contributed by atoms with E-state index in [0.29, 0.717) is 28.1 Å². The zero-order valence-corrected chi connectivity index (χ0v) is 18.6. The Morgan fingerprint density at radius 1 is 1.13 bits per heavy atom. The molecule has 1 unspecified atom stereocenters. The number of carbonyl (C=O) groups is 2. The van der Waals surface area contributed by atoms with Crippen molar-refractivity contribution in [3.8, 4) is 11.5 Å². The number of amides is 2. The van der Waals surface area contributed by atoms with Crippen molar-refractivity contribution in [1.29, 1.82) is 0 Å². The minimum Gasteiger partial charge on any atom is -0.493 e. The first kappa shape index (κ1) is 22.4. The Kier molecular flexibility index (Phi) is 7.30. The molecule has 1 heterocycles. The second kappa shape index (κ2) is 10.1. The fraction of sp³-hybridized carbons (Fsp3) is 0.273. The summed E-state index contributed by atoms with van der Waals surface area (Å²) in [6.07, 6.45) is 0.0434. The number of rotatable bonds is 7. The number of benzene rings is 2. The van der Waals surface area contributed by atoms with Gasteiger partial charge in [-0.2, -0.15) is 5.10 Å². The van der Waals surface area contributed by atoms with Gasteiger partial charge in [0.25, 0.3) is 0 Å². The third kappa shape index (κ3) is 5.85. The van der Waals surface area contributed by atoms with Crippen molar-refractivity contribution in [1.82, 2.24) is 5.32 Å². The van der Waals surface area contributed by atoms with Crippen molar-refractivity contribution in [2.75, 3.05) is 19.5 Å². The molecule has 0 radical (unpaired) electrons. The molecule has 2 N–H and O–H groups in total. The molecule has 2 amide bonds. The first-order valence-corrected chi connectivity index (χ1v) is 10.5. The van der Waals surface area contributed by atoms with E-state index in [-0.39, 0.29) is 18.2 Å². The van der Waals surface area contributed by atoms with E-state index in [9.17, 15) is 9.59 Å². The van der Waals surface area contributed by atoms with Crippen LogP contribution in [0.25, 0.3) is 0 Å². The van der Waals surface area contributed by atoms with Crippen molar-refractivity contribution in [3.05, 3.63) is 53.6 Å². The molecule has 0 spiro atoms. The third-order valence-corrected chi connectivity index (χ3v) is 5.65. The van der Waals surface area contributed by atoms with Crippen LogP contribution in [0.2, 0.25) is 0 Å². The Morgan fingerprint density at radius 3 is 2.52 bits per heavy atom. The molecule has 1 atom stereocenters. The summed E-state index contributed by atoms with van der Waals surface area (Å²) in [5, 5.41) is 13.6. The van der Waals surface area contributed by atoms with E-state index in [1.54, 1.807) is 33.3 Å². The van der Waals surface area contributed by atoms with Gasteiger partial charge in [0.05, 0.1) is 19.9 Å². The number of nitrogens with zero attached hydrogens (tertiary/aromatic N) is 2. The minimum atomic E-state index is -0.555. The maximum Gasteiger partial charge on any atom is 0.240 e. The van der Waals surface area contributed by atoms with Crippen LogP contribution in [0.3, 0.4) is 0 Å². The molecule has 0 saturated carbocycles. The number of amidine groups is 1. The molecule has 1 aliphatic rings. The molecular formula is C22H24N4O4S. The Hall–Kier alpha value is -3.33. The Labute approximate surface area is 185 Å². The molecule has 162 valence electrons. The number of anilines is 1. The maximum absolute atomic E-state index is 12.3. The first-order valence-electron chi connectivity index (χ1n) is 9.58. The molecule has 2 aromatic carbocycles. The topological polar surface area (TPSA) is 101 Å². The van der Waals surface area contributed by atoms with Gasteiger partial charge in [-0.1, -0.05) is 29.5 Å². The smallest absolute Gasteiger partial charge is 0.240 e. The highest BCUT2D eigenvalue weighted by atomic mass is 32.2. The van der Waals surface area contributed by atoms with E-state index in [1.807, 2.05) is 37.3 Å². The Balaban J connectivity index is 1.62. The Bertz CT molecular complexity index is 1030. The average Bonchev–Trinajstić information content (AvgIpc) is 3.12. The van der Waals surface area contributed by atoms with Crippen LogP contribution in [0.1, 0.15) is 24.5 Å². The molecule has 31 heavy (non-hydrogen) atoms. The van der Waals surface area contributed by atoms with E-state index < -0.39 is 5.25 Å². The van der Waals surface area contributed by atoms with Crippen LogP contribution in [0.4, 0.5) is 5.69 Å². The SMILES string of the molecule is COc1ccc(C(C)=N/N=C2/NC(=O)C(CC(=O)Nc3ccc(C)cc3)S2)cc1OC. The molecule has 0 aliphatic carbocycles. The van der Waals surface area contributed by atoms with Gasteiger partial charge in [-0.3, -0.25) is 9.59 Å². The normalized spacial score (nSPS) is 17.4. The lowest BCUT2D eigenvalue weighted by Crippen LogP contribution is -2.28. The summed E-state index contributed by atoms with van der Waals surface area (Å²) in [5.41, 5.74) is 3.26. The minimum absolute atomic E-state index is 0.0434. The zero-order chi connectivity index (χ0) is 22.4. The van der Waals surface area contributed by atoms with Gasteiger partial charge in [0.2, 0.25) is 11.8 Å². The third-order valence-electron chi connectivity index (χ3n) is 4.57. The lowest BCUT2D eigenvalue weighted by molar-refractivity contribution is -0.122. The first-order chi connectivity index (χ1) is 14.9. The lowest BCUT2D eigenvalue weighted by atomic mass is 10.1. The number of carbonyl (C=O) groups excluding carboxylic acids is 2. The van der Waals surface area contributed by atoms with Crippen LogP contribution < -0.4 is 20.1 Å². The van der Waals surface area contributed by atoms with Crippen molar-refractivity contribution >= 4 is 40.1 Å². The molecule has 1 fully saturated rings. The van der Waals surface area contributed by atoms with Crippen molar-refractivity contribution in [2.24, 2.45) is 10.2 Å². The van der Waals surface area contributed by atoms with E-state index in [0.717, 1.165) is 11.1 Å². The van der Waals surface area contributed by atoms with E-state index in [1.165, 1.54) is 11.8 Å². The van der Waals surface area contributed by atoms with Gasteiger partial charge >= 0.3 is 0 Å². The highest BCUT2D eigenvalue weighted by Crippen LogP contribution is 2.28. The van der Waals surface area contributed by atoms with Gasteiger partial charge in [0.1, 0.15) is 5.25 Å². The van der Waals surface area contributed by atoms with Crippen LogP contribution in [0.15, 0.2) is 52.7 Å². The van der Waals surface area contributed by atoms with E-state index in [4.69, 9.17) is 9.47 Å². The van der Waals surface area contributed by atoms with Crippen LogP contribution in [0, 0.1) is 6.92 Å². The fourth-order valence-corrected chi connectivity index (χ4v) is 3.76. The average molecular weight is 441 g/mol. The summed E-state index contributed by atoms with van der Waals surface area (Å²) in [7, 11) is 3.13. The van der Waals surface area contributed by atoms with Crippen LogP contribution in [-0.2, 0) is 9.59 Å². The molecular weight excluding hydrogens is 416 g/mol. The van der Waals surface area contributed by atoms with Crippen molar-refractivity contribution in [2.45, 2.75) is 25.5 Å². The number of aryl methyl sites for hydroxylation is 1. The highest BCUT2D eigenvalue weighted by molar-refractivity contribution is 8.15. The van der Waals surface area contributed by atoms with Crippen LogP contribution in [-0.4, -0.2) is 42.2 Å². The number of methoxy groups -OCH3 is 2. The molecule has 1 saturated heterocycles. The second-order valence-electron chi connectivity index (χ2n) is 6.87. The molecule has 0 aromatic heterocycles. The summed E-state index contributed by atoms with van der Waals surface area (Å²) in [6.45, 7) is 3.78. The van der Waals surface area contributed by atoms with Crippen molar-refractivity contribution in [3.63, 3.8) is 0 Å². The largest absolute Gasteiger partial charge is 0.493 e. The predicted octanol–water partition coefficient (Wildman–Crippen LogP) is 3.35. The summed E-state index contributed by atoms with van der Waals surface area (Å²) >= 11 is 1.19. The highest BCUT2D eigenvalue weighted by Gasteiger charge is 2.32. The quantitative estimate of drug-likeness (QED) is 0.508. The van der Waals surface area contributed by atoms with Gasteiger partial charge in [0, 0.05) is 17.7 Å². The van der Waals surface area contributed by atoms with Gasteiger partial charge in [-0.25, -0.2) is 0 Å². The molecule has 3 rings (SSSR count). The Morgan fingerprint density at radius 2 is 1.84 bits per heavy atom. The maximum atomic E-state index is 12.3. The number of hydrogen-bond acceptors (Lipinski definition) is 7. The van der Waals surface area contributed by atoms with Gasteiger partial charge < -0.3 is 20.1 Å². The predicted molar refractivity (Wildman–Crippen MR) is 123 cm³/mol. The van der Waals surface area contributed by atoms with Crippen LogP contribution >= 0.6 is 11.8 Å². The number of hydrogen-bond donors (Lipinski definition) is 2. The molecule has 1 aliphatic heterocycles. The van der Waals surface area contributed by atoms with Crippen LogP contribution in [0.5, 0.6) is 11.5 Å². The zero-order valence-electron chi connectivity index (χ0n) is 17.8. The number of ether oxygens (including phenoxy) is 2. The molecule has 0 bridgehead atoms. The van der Waals surface area contributed by atoms with Gasteiger partial charge in [-0.15, -0.1) is 5.10 Å². The summed E-state index contributed by atoms with van der Waals surface area (Å²) in [4.78, 5) is 24.5. The van der Waals surface area contributed by atoms with Gasteiger partial charge in [0.15, 0.2) is 16.7 Å². The monoisotopic (exact) mass is 440 g/mol. The summed E-state index contributed by atoms with van der Waals surface area (Å²) in [5.74, 6) is 0.714. The second-order valence-corrected chi connectivity index (χ2v) is 8.07. The molecule has 9 heteroatoms. The standard InChI is InChI=1S/C22H24N4O4S/c1-13-5-8-16(9-6-13)23-20(27)12-19-21(28)24-22(31-19)26-25-14(2)15-7-10-17(29-3)18(11-15)30-4/h5-11,19H,12H2,1-4H3,(H,23,27)(H,24,26,28). The fourth-order valence-electron chi connectivity index (χ4n) is 2.84. The molecule has 2 aromatic rings. The molecule has 8 nitrogen and oxygen atoms in total. The van der Waals surface area contributed by atoms with E-state index in [2.05, 4.69) is 20.8 Å². The number of nitrogens with one attached hydrogen (secondary N) is 2. The lowest BCUT2D eigenvalue weighted by Gasteiger charge is -2.08. The summed E-state index contributed by atoms with van der Waals surface area (Å²) < 4.78 is 10.5. The number of thioether (sulfide) groups is 1. The van der Waals surface area contributed by atoms with E-state index >= 15 is 0 Å².